The minimum atomic E-state index is -0.860. The van der Waals surface area contributed by atoms with E-state index in [2.05, 4.69) is 4.98 Å². The summed E-state index contributed by atoms with van der Waals surface area (Å²) in [6.07, 6.45) is 2.42. The van der Waals surface area contributed by atoms with Crippen molar-refractivity contribution in [3.63, 3.8) is 0 Å². The molecule has 1 rings (SSSR count). The summed E-state index contributed by atoms with van der Waals surface area (Å²) in [6, 6.07) is 0. The van der Waals surface area contributed by atoms with E-state index in [4.69, 9.17) is 0 Å². The fraction of sp³-hybridized carbons (Fsp3) is 0.200. The molecule has 1 aromatic heterocycles. The zero-order valence-electron chi connectivity index (χ0n) is 7.34. The van der Waals surface area contributed by atoms with Crippen LogP contribution < -0.4 is 56.9 Å². The molecule has 14 heavy (non-hydrogen) atoms. The van der Waals surface area contributed by atoms with Crippen molar-refractivity contribution in [1.82, 2.24) is 15.0 Å². The Labute approximate surface area is 121 Å². The third kappa shape index (κ3) is 3.44. The van der Waals surface area contributed by atoms with Crippen molar-refractivity contribution < 1.29 is 61.1 Å². The second kappa shape index (κ2) is 6.21. The number of nitro groups is 1. The number of carbonyl (C=O) groups is 1. The smallest absolute Gasteiger partial charge is 0.759 e. The van der Waals surface area contributed by atoms with Crippen molar-refractivity contribution in [3.05, 3.63) is 27.7 Å². The molecule has 0 aliphatic rings. The van der Waals surface area contributed by atoms with Gasteiger partial charge in [0.15, 0.2) is 0 Å². The zero-order chi connectivity index (χ0) is 9.84. The Balaban J connectivity index is 0.00000169. The molecule has 8 nitrogen and oxygen atoms in total. The van der Waals surface area contributed by atoms with Gasteiger partial charge >= 0.3 is 57.3 Å². The molecular formula is C5H5KN4O4. The second-order valence-electron chi connectivity index (χ2n) is 2.14. The molecule has 70 valence electrons. The van der Waals surface area contributed by atoms with Gasteiger partial charge in [0.25, 0.3) is 0 Å². The number of amides is 1. The summed E-state index contributed by atoms with van der Waals surface area (Å²) in [5, 5.41) is 20.1. The van der Waals surface area contributed by atoms with Crippen molar-refractivity contribution in [2.24, 2.45) is 0 Å². The van der Waals surface area contributed by atoms with E-state index in [0.717, 1.165) is 10.0 Å². The van der Waals surface area contributed by atoms with Crippen LogP contribution in [0.4, 0.5) is 5.95 Å². The summed E-state index contributed by atoms with van der Waals surface area (Å²) in [7, 11) is 0. The average molecular weight is 224 g/mol. The fourth-order valence-corrected chi connectivity index (χ4v) is 0.784. The van der Waals surface area contributed by atoms with Crippen LogP contribution in [0.25, 0.3) is 0 Å². The van der Waals surface area contributed by atoms with E-state index in [-0.39, 0.29) is 51.4 Å². The summed E-state index contributed by atoms with van der Waals surface area (Å²) in [6.45, 7) is -0.403. The summed E-state index contributed by atoms with van der Waals surface area (Å²) in [4.78, 5) is 23.5. The molecule has 9 heteroatoms. The molecule has 0 bridgehead atoms. The van der Waals surface area contributed by atoms with Crippen LogP contribution in [-0.2, 0) is 11.3 Å². The van der Waals surface area contributed by atoms with Gasteiger partial charge in [-0.05, 0) is 4.92 Å². The van der Waals surface area contributed by atoms with Gasteiger partial charge in [-0.15, -0.1) is 0 Å². The fourth-order valence-electron chi connectivity index (χ4n) is 0.784. The maximum absolute atomic E-state index is 10.6. The largest absolute Gasteiger partial charge is 1.00 e. The van der Waals surface area contributed by atoms with Crippen LogP contribution in [0.1, 0.15) is 0 Å². The number of aromatic nitrogens is 2. The summed E-state index contributed by atoms with van der Waals surface area (Å²) in [5.74, 6) is -1.33. The van der Waals surface area contributed by atoms with E-state index >= 15 is 0 Å². The average Bonchev–Trinajstić information content (AvgIpc) is 2.52. The van der Waals surface area contributed by atoms with Gasteiger partial charge in [-0.3, -0.25) is 4.79 Å². The Kier molecular flexibility index (Phi) is 6.07. The van der Waals surface area contributed by atoms with Gasteiger partial charge in [-0.25, -0.2) is 4.57 Å². The van der Waals surface area contributed by atoms with Gasteiger partial charge in [0.1, 0.15) is 18.9 Å². The van der Waals surface area contributed by atoms with Gasteiger partial charge in [-0.1, -0.05) is 4.98 Å². The molecule has 1 aromatic rings. The number of imidazole rings is 1. The Morgan fingerprint density at radius 1 is 1.71 bits per heavy atom. The zero-order valence-corrected chi connectivity index (χ0v) is 10.5. The van der Waals surface area contributed by atoms with Crippen LogP contribution >= 0.6 is 0 Å². The minimum Gasteiger partial charge on any atom is -0.759 e. The molecule has 1 amide bonds. The predicted octanol–water partition coefficient (Wildman–Crippen LogP) is -3.59. The molecule has 0 radical (unpaired) electrons. The number of hydroxylamine groups is 1. The standard InChI is InChI=1S/C5H5N4O4.K/c10-4(7-11)3-8-2-1-6-5(8)9(12)13;/h1-2H,3H2,(H-,7,10,11);/q-1;+1. The summed E-state index contributed by atoms with van der Waals surface area (Å²) in [5.41, 5.74) is 1.11. The Morgan fingerprint density at radius 3 is 2.86 bits per heavy atom. The minimum absolute atomic E-state index is 0. The van der Waals surface area contributed by atoms with Crippen LogP contribution in [0.5, 0.6) is 0 Å². The van der Waals surface area contributed by atoms with E-state index in [1.54, 1.807) is 0 Å². The predicted molar refractivity (Wildman–Crippen MR) is 40.4 cm³/mol. The molecule has 0 unspecified atom stereocenters. The van der Waals surface area contributed by atoms with Crippen molar-refractivity contribution >= 4 is 11.9 Å². The van der Waals surface area contributed by atoms with Gasteiger partial charge in [0, 0.05) is 0 Å². The van der Waals surface area contributed by atoms with E-state index in [1.807, 2.05) is 0 Å². The molecule has 1 N–H and O–H groups in total. The Bertz CT molecular complexity index is 338. The first-order chi connectivity index (χ1) is 6.15. The first-order valence-electron chi connectivity index (χ1n) is 3.21. The maximum atomic E-state index is 10.6. The SMILES string of the molecule is O=C(Cn1ccnc1[N+](=O)[O-])N[O-].[K+]. The molecular weight excluding hydrogens is 219 g/mol. The van der Waals surface area contributed by atoms with Gasteiger partial charge in [0.05, 0.1) is 0 Å². The van der Waals surface area contributed by atoms with Crippen molar-refractivity contribution in [1.29, 1.82) is 0 Å². The quantitative estimate of drug-likeness (QED) is 0.324. The van der Waals surface area contributed by atoms with Crippen LogP contribution in [-0.4, -0.2) is 20.4 Å². The van der Waals surface area contributed by atoms with Crippen LogP contribution in [0.15, 0.2) is 12.4 Å². The van der Waals surface area contributed by atoms with Gasteiger partial charge in [0.2, 0.25) is 5.91 Å². The molecule has 0 aliphatic carbocycles. The molecule has 1 heterocycles. The monoisotopic (exact) mass is 224 g/mol. The molecule has 0 saturated heterocycles. The second-order valence-corrected chi connectivity index (χ2v) is 2.14. The van der Waals surface area contributed by atoms with E-state index in [1.165, 1.54) is 12.4 Å². The maximum Gasteiger partial charge on any atom is 1.00 e. The number of nitrogens with one attached hydrogen (secondary N) is 1. The number of hydrogen-bond donors (Lipinski definition) is 1. The van der Waals surface area contributed by atoms with Crippen LogP contribution in [0.3, 0.4) is 0 Å². The molecule has 0 saturated carbocycles. The summed E-state index contributed by atoms with van der Waals surface area (Å²) >= 11 is 0. The summed E-state index contributed by atoms with van der Waals surface area (Å²) < 4.78 is 0.966. The Morgan fingerprint density at radius 2 is 2.36 bits per heavy atom. The third-order valence-corrected chi connectivity index (χ3v) is 1.28. The van der Waals surface area contributed by atoms with Crippen molar-refractivity contribution in [2.75, 3.05) is 0 Å². The molecule has 0 spiro atoms. The first kappa shape index (κ1) is 13.7. The number of hydrogen-bond acceptors (Lipinski definition) is 5. The van der Waals surface area contributed by atoms with Gasteiger partial charge in [-0.2, -0.15) is 0 Å². The van der Waals surface area contributed by atoms with E-state index < -0.39 is 23.3 Å². The Hall–Kier alpha value is -0.324. The number of carbonyl (C=O) groups excluding carboxylic acids is 1. The molecule has 0 aromatic carbocycles. The van der Waals surface area contributed by atoms with E-state index in [9.17, 15) is 20.1 Å². The normalized spacial score (nSPS) is 8.93. The topological polar surface area (TPSA) is 113 Å². The molecule has 0 atom stereocenters. The van der Waals surface area contributed by atoms with Crippen LogP contribution in [0, 0.1) is 15.3 Å². The third-order valence-electron chi connectivity index (χ3n) is 1.28. The number of rotatable bonds is 3. The van der Waals surface area contributed by atoms with Gasteiger partial charge < -0.3 is 20.8 Å². The van der Waals surface area contributed by atoms with Crippen LogP contribution in [0.2, 0.25) is 0 Å². The van der Waals surface area contributed by atoms with E-state index in [0.29, 0.717) is 0 Å². The first-order valence-corrected chi connectivity index (χ1v) is 3.21. The molecule has 0 aliphatic heterocycles. The van der Waals surface area contributed by atoms with Crippen molar-refractivity contribution in [2.45, 2.75) is 6.54 Å². The molecule has 0 fully saturated rings. The number of nitrogens with zero attached hydrogens (tertiary/aromatic N) is 3. The van der Waals surface area contributed by atoms with Crippen molar-refractivity contribution in [3.8, 4) is 0 Å².